The summed E-state index contributed by atoms with van der Waals surface area (Å²) in [6.07, 6.45) is 0.773. The van der Waals surface area contributed by atoms with E-state index in [0.29, 0.717) is 22.8 Å². The first-order chi connectivity index (χ1) is 12.6. The topological polar surface area (TPSA) is 71.7 Å². The minimum absolute atomic E-state index is 0.178. The van der Waals surface area contributed by atoms with Crippen molar-refractivity contribution in [3.8, 4) is 17.4 Å². The van der Waals surface area contributed by atoms with Gasteiger partial charge in [0.1, 0.15) is 11.5 Å². The number of carbonyl (C=O) groups excluding carboxylic acids is 1. The molecule has 1 unspecified atom stereocenters. The molecule has 6 heteroatoms. The highest BCUT2D eigenvalue weighted by atomic mass is 16.6. The minimum atomic E-state index is -0.703. The standard InChI is InChI=1S/C20H19NO5/c1-3-24-20(22)14(2)25-17-8-10-18(11-9-17)26-19-12-15-6-4-5-7-16(15)13-21(19)23/h4-14H,3H2,1-2H3. The second kappa shape index (κ2) is 7.74. The summed E-state index contributed by atoms with van der Waals surface area (Å²) in [5.74, 6) is 0.751. The van der Waals surface area contributed by atoms with Crippen LogP contribution < -0.4 is 14.2 Å². The first kappa shape index (κ1) is 17.5. The number of fused-ring (bicyclic) bond motifs is 1. The molecule has 0 saturated carbocycles. The first-order valence-electron chi connectivity index (χ1n) is 8.30. The summed E-state index contributed by atoms with van der Waals surface area (Å²) in [6, 6.07) is 15.9. The largest absolute Gasteiger partial charge is 0.616 e. The van der Waals surface area contributed by atoms with Crippen LogP contribution in [-0.2, 0) is 9.53 Å². The molecule has 0 amide bonds. The molecule has 26 heavy (non-hydrogen) atoms. The van der Waals surface area contributed by atoms with Gasteiger partial charge in [0.2, 0.25) is 0 Å². The minimum Gasteiger partial charge on any atom is -0.616 e. The highest BCUT2D eigenvalue weighted by molar-refractivity contribution is 5.81. The van der Waals surface area contributed by atoms with E-state index in [-0.39, 0.29) is 5.88 Å². The highest BCUT2D eigenvalue weighted by Crippen LogP contribution is 2.24. The van der Waals surface area contributed by atoms with Gasteiger partial charge in [-0.05, 0) is 49.6 Å². The normalized spacial score (nSPS) is 11.8. The lowest BCUT2D eigenvalue weighted by Gasteiger charge is -2.13. The van der Waals surface area contributed by atoms with Crippen LogP contribution in [0, 0.1) is 5.21 Å². The van der Waals surface area contributed by atoms with Crippen molar-refractivity contribution >= 4 is 16.7 Å². The summed E-state index contributed by atoms with van der Waals surface area (Å²) in [6.45, 7) is 3.67. The molecule has 1 heterocycles. The van der Waals surface area contributed by atoms with Gasteiger partial charge in [0.25, 0.3) is 0 Å². The van der Waals surface area contributed by atoms with Crippen LogP contribution in [0.3, 0.4) is 0 Å². The maximum absolute atomic E-state index is 12.1. The van der Waals surface area contributed by atoms with E-state index in [1.54, 1.807) is 44.2 Å². The summed E-state index contributed by atoms with van der Waals surface area (Å²) < 4.78 is 16.8. The number of nitrogens with zero attached hydrogens (tertiary/aromatic N) is 1. The number of esters is 1. The van der Waals surface area contributed by atoms with Crippen molar-refractivity contribution in [2.75, 3.05) is 6.61 Å². The van der Waals surface area contributed by atoms with Gasteiger partial charge in [0, 0.05) is 5.39 Å². The van der Waals surface area contributed by atoms with Gasteiger partial charge in [0.15, 0.2) is 12.3 Å². The molecule has 0 spiro atoms. The van der Waals surface area contributed by atoms with Gasteiger partial charge in [-0.15, -0.1) is 4.73 Å². The third kappa shape index (κ3) is 4.03. The molecular weight excluding hydrogens is 334 g/mol. The van der Waals surface area contributed by atoms with Crippen LogP contribution in [0.5, 0.6) is 17.4 Å². The number of pyridine rings is 1. The van der Waals surface area contributed by atoms with E-state index >= 15 is 0 Å². The Labute approximate surface area is 151 Å². The van der Waals surface area contributed by atoms with Gasteiger partial charge in [0.05, 0.1) is 12.7 Å². The zero-order valence-corrected chi connectivity index (χ0v) is 14.5. The molecule has 3 aromatic rings. The van der Waals surface area contributed by atoms with E-state index < -0.39 is 12.1 Å². The van der Waals surface area contributed by atoms with E-state index in [2.05, 4.69) is 0 Å². The summed E-state index contributed by atoms with van der Waals surface area (Å²) in [5, 5.41) is 13.9. The number of aromatic nitrogens is 1. The molecule has 0 aliphatic carbocycles. The summed E-state index contributed by atoms with van der Waals surface area (Å²) in [4.78, 5) is 11.6. The molecule has 1 atom stereocenters. The van der Waals surface area contributed by atoms with Crippen molar-refractivity contribution in [2.45, 2.75) is 20.0 Å². The molecule has 134 valence electrons. The third-order valence-electron chi connectivity index (χ3n) is 3.73. The molecule has 1 aromatic heterocycles. The van der Waals surface area contributed by atoms with Crippen molar-refractivity contribution in [1.29, 1.82) is 0 Å². The van der Waals surface area contributed by atoms with Crippen molar-refractivity contribution in [1.82, 2.24) is 0 Å². The fourth-order valence-corrected chi connectivity index (χ4v) is 2.44. The van der Waals surface area contributed by atoms with Gasteiger partial charge in [-0.2, -0.15) is 0 Å². The van der Waals surface area contributed by atoms with Crippen LogP contribution in [0.2, 0.25) is 0 Å². The van der Waals surface area contributed by atoms with E-state index in [4.69, 9.17) is 14.2 Å². The van der Waals surface area contributed by atoms with E-state index in [1.165, 1.54) is 6.20 Å². The number of hydrogen-bond donors (Lipinski definition) is 0. The number of benzene rings is 2. The van der Waals surface area contributed by atoms with Gasteiger partial charge in [-0.1, -0.05) is 18.2 Å². The number of carbonyl (C=O) groups is 1. The lowest BCUT2D eigenvalue weighted by molar-refractivity contribution is -0.609. The maximum atomic E-state index is 12.1. The fraction of sp³-hybridized carbons (Fsp3) is 0.200. The quantitative estimate of drug-likeness (QED) is 0.385. The number of rotatable bonds is 6. The molecule has 0 bridgehead atoms. The Kier molecular flexibility index (Phi) is 5.22. The predicted octanol–water partition coefficient (Wildman–Crippen LogP) is 3.60. The summed E-state index contributed by atoms with van der Waals surface area (Å²) >= 11 is 0. The van der Waals surface area contributed by atoms with Crippen LogP contribution in [0.25, 0.3) is 10.8 Å². The van der Waals surface area contributed by atoms with Crippen LogP contribution in [0.1, 0.15) is 13.8 Å². The molecular formula is C20H19NO5. The summed E-state index contributed by atoms with van der Waals surface area (Å²) in [7, 11) is 0. The summed E-state index contributed by atoms with van der Waals surface area (Å²) in [5.41, 5.74) is 0. The smallest absolute Gasteiger partial charge is 0.385 e. The Morgan fingerprint density at radius 2 is 1.73 bits per heavy atom. The van der Waals surface area contributed by atoms with Crippen LogP contribution >= 0.6 is 0 Å². The zero-order valence-electron chi connectivity index (χ0n) is 14.5. The Hall–Kier alpha value is -3.28. The Morgan fingerprint density at radius 1 is 1.08 bits per heavy atom. The Bertz CT molecular complexity index is 908. The average Bonchev–Trinajstić information content (AvgIpc) is 2.64. The molecule has 0 saturated heterocycles. The third-order valence-corrected chi connectivity index (χ3v) is 3.73. The maximum Gasteiger partial charge on any atom is 0.385 e. The monoisotopic (exact) mass is 353 g/mol. The molecule has 0 aliphatic heterocycles. The first-order valence-corrected chi connectivity index (χ1v) is 8.30. The second-order valence-corrected chi connectivity index (χ2v) is 5.65. The van der Waals surface area contributed by atoms with Crippen LogP contribution in [0.15, 0.2) is 60.8 Å². The molecule has 0 fully saturated rings. The Morgan fingerprint density at radius 3 is 2.42 bits per heavy atom. The lowest BCUT2D eigenvalue weighted by Crippen LogP contribution is -2.27. The molecule has 6 nitrogen and oxygen atoms in total. The van der Waals surface area contributed by atoms with Gasteiger partial charge in [-0.3, -0.25) is 0 Å². The molecule has 0 radical (unpaired) electrons. The van der Waals surface area contributed by atoms with Crippen molar-refractivity contribution in [3.05, 3.63) is 66.0 Å². The average molecular weight is 353 g/mol. The second-order valence-electron chi connectivity index (χ2n) is 5.65. The van der Waals surface area contributed by atoms with Gasteiger partial charge < -0.3 is 19.4 Å². The van der Waals surface area contributed by atoms with Crippen molar-refractivity contribution < 1.29 is 23.7 Å². The van der Waals surface area contributed by atoms with E-state index in [9.17, 15) is 10.0 Å². The SMILES string of the molecule is CCOC(=O)C(C)Oc1ccc(Oc2cc3ccccc3c[n+]2[O-])cc1. The van der Waals surface area contributed by atoms with Crippen LogP contribution in [0.4, 0.5) is 0 Å². The van der Waals surface area contributed by atoms with E-state index in [0.717, 1.165) is 10.8 Å². The van der Waals surface area contributed by atoms with Crippen molar-refractivity contribution in [2.24, 2.45) is 0 Å². The fourth-order valence-electron chi connectivity index (χ4n) is 2.44. The molecule has 2 aromatic carbocycles. The van der Waals surface area contributed by atoms with Gasteiger partial charge >= 0.3 is 11.8 Å². The molecule has 3 rings (SSSR count). The molecule has 0 N–H and O–H groups in total. The van der Waals surface area contributed by atoms with Gasteiger partial charge in [-0.25, -0.2) is 4.79 Å². The van der Waals surface area contributed by atoms with E-state index in [1.807, 2.05) is 24.3 Å². The molecule has 0 aliphatic rings. The predicted molar refractivity (Wildman–Crippen MR) is 96.1 cm³/mol. The number of hydrogen-bond acceptors (Lipinski definition) is 5. The number of ether oxygens (including phenoxy) is 3. The lowest BCUT2D eigenvalue weighted by atomic mass is 10.2. The Balaban J connectivity index is 1.71. The van der Waals surface area contributed by atoms with Crippen LogP contribution in [-0.4, -0.2) is 18.7 Å². The zero-order chi connectivity index (χ0) is 18.5. The van der Waals surface area contributed by atoms with Crippen molar-refractivity contribution in [3.63, 3.8) is 0 Å². The highest BCUT2D eigenvalue weighted by Gasteiger charge is 2.16.